The topological polar surface area (TPSA) is 52.5 Å². The average molecular weight is 498 g/mol. The number of aryl methyl sites for hydroxylation is 2. The second-order valence-corrected chi connectivity index (χ2v) is 9.05. The zero-order valence-corrected chi connectivity index (χ0v) is 20.6. The molecule has 0 saturated heterocycles. The van der Waals surface area contributed by atoms with Crippen molar-refractivity contribution in [2.45, 2.75) is 13.8 Å². The van der Waals surface area contributed by atoms with Gasteiger partial charge in [0.1, 0.15) is 17.4 Å². The quantitative estimate of drug-likeness (QED) is 0.265. The number of nitriles is 1. The largest absolute Gasteiger partial charge is 0.436 e. The molecule has 0 aliphatic carbocycles. The predicted octanol–water partition coefficient (Wildman–Crippen LogP) is 7.68. The van der Waals surface area contributed by atoms with E-state index in [4.69, 9.17) is 4.42 Å². The molecule has 4 nitrogen and oxygen atoms in total. The Morgan fingerprint density at radius 3 is 2.06 bits per heavy atom. The molecule has 0 radical (unpaired) electrons. The number of nitrogens with zero attached hydrogens (tertiary/aromatic N) is 3. The summed E-state index contributed by atoms with van der Waals surface area (Å²) in [5.74, 6) is 0.947. The molecule has 0 amide bonds. The molecule has 1 aromatic heterocycles. The molecule has 0 bridgehead atoms. The monoisotopic (exact) mass is 497 g/mol. The maximum Gasteiger partial charge on any atom is 0.238 e. The van der Waals surface area contributed by atoms with Crippen molar-refractivity contribution >= 4 is 33.7 Å². The molecule has 0 atom stereocenters. The predicted molar refractivity (Wildman–Crippen MR) is 139 cm³/mol. The fourth-order valence-electron chi connectivity index (χ4n) is 3.62. The highest BCUT2D eigenvalue weighted by Gasteiger charge is 2.22. The van der Waals surface area contributed by atoms with Crippen molar-refractivity contribution in [3.05, 3.63) is 93.5 Å². The molecule has 0 aliphatic rings. The molecule has 3 aromatic carbocycles. The van der Waals surface area contributed by atoms with E-state index in [1.807, 2.05) is 99.6 Å². The normalized spacial score (nSPS) is 11.0. The molecule has 0 spiro atoms. The van der Waals surface area contributed by atoms with E-state index in [0.29, 0.717) is 17.2 Å². The molecule has 4 aromatic rings. The maximum absolute atomic E-state index is 10.1. The van der Waals surface area contributed by atoms with Gasteiger partial charge in [0.15, 0.2) is 0 Å². The third-order valence-electron chi connectivity index (χ3n) is 5.44. The van der Waals surface area contributed by atoms with Crippen LogP contribution in [0.1, 0.15) is 22.3 Å². The molecule has 0 N–H and O–H groups in total. The first-order chi connectivity index (χ1) is 15.9. The van der Waals surface area contributed by atoms with Crippen LogP contribution in [0.5, 0.6) is 0 Å². The van der Waals surface area contributed by atoms with Crippen molar-refractivity contribution in [2.75, 3.05) is 19.0 Å². The molecular formula is C28H24BrN3O. The summed E-state index contributed by atoms with van der Waals surface area (Å²) >= 11 is 3.61. The fourth-order valence-corrected chi connectivity index (χ4v) is 4.37. The Kier molecular flexibility index (Phi) is 6.48. The number of hydrogen-bond donors (Lipinski definition) is 0. The minimum absolute atomic E-state index is 0.302. The summed E-state index contributed by atoms with van der Waals surface area (Å²) in [4.78, 5) is 6.62. The highest BCUT2D eigenvalue weighted by Crippen LogP contribution is 2.42. The first-order valence-corrected chi connectivity index (χ1v) is 11.4. The molecule has 0 unspecified atom stereocenters. The van der Waals surface area contributed by atoms with E-state index in [1.54, 1.807) is 6.21 Å². The van der Waals surface area contributed by atoms with E-state index in [-0.39, 0.29) is 0 Å². The van der Waals surface area contributed by atoms with E-state index in [1.165, 1.54) is 0 Å². The second kappa shape index (κ2) is 9.48. The van der Waals surface area contributed by atoms with Crippen LogP contribution in [0.2, 0.25) is 0 Å². The van der Waals surface area contributed by atoms with Crippen molar-refractivity contribution in [2.24, 2.45) is 4.99 Å². The Labute approximate surface area is 203 Å². The number of hydrogen-bond acceptors (Lipinski definition) is 4. The van der Waals surface area contributed by atoms with Gasteiger partial charge in [0, 0.05) is 35.9 Å². The minimum atomic E-state index is 0.302. The van der Waals surface area contributed by atoms with Crippen molar-refractivity contribution < 1.29 is 4.42 Å². The summed E-state index contributed by atoms with van der Waals surface area (Å²) in [5, 5.41) is 10.1. The number of aliphatic imine (C=N–C) groups is 1. The van der Waals surface area contributed by atoms with Crippen molar-refractivity contribution in [1.82, 2.24) is 0 Å². The van der Waals surface area contributed by atoms with Gasteiger partial charge in [-0.25, -0.2) is 4.99 Å². The summed E-state index contributed by atoms with van der Waals surface area (Å²) in [5.41, 5.74) is 7.32. The molecule has 0 aliphatic heterocycles. The highest BCUT2D eigenvalue weighted by molar-refractivity contribution is 9.10. The third kappa shape index (κ3) is 4.76. The van der Waals surface area contributed by atoms with Gasteiger partial charge in [0.25, 0.3) is 0 Å². The van der Waals surface area contributed by atoms with E-state index in [2.05, 4.69) is 27.0 Å². The molecule has 0 saturated carbocycles. The van der Waals surface area contributed by atoms with Crippen molar-refractivity contribution in [3.8, 4) is 28.5 Å². The average Bonchev–Trinajstić information content (AvgIpc) is 3.17. The Hall–Kier alpha value is -3.62. The van der Waals surface area contributed by atoms with Gasteiger partial charge >= 0.3 is 0 Å². The van der Waals surface area contributed by atoms with Crippen LogP contribution in [0.3, 0.4) is 0 Å². The maximum atomic E-state index is 10.1. The van der Waals surface area contributed by atoms with Crippen LogP contribution in [0.4, 0.5) is 11.6 Å². The SMILES string of the molecule is Cc1ccc(-c2oc(N=Cc3ccc(N(C)C)c(Br)c3)c(C#N)c2-c2ccc(C)cc2)cc1. The van der Waals surface area contributed by atoms with Crippen LogP contribution in [-0.4, -0.2) is 20.3 Å². The smallest absolute Gasteiger partial charge is 0.238 e. The van der Waals surface area contributed by atoms with Gasteiger partial charge < -0.3 is 9.32 Å². The van der Waals surface area contributed by atoms with Gasteiger partial charge in [-0.1, -0.05) is 65.7 Å². The van der Waals surface area contributed by atoms with Crippen LogP contribution < -0.4 is 4.90 Å². The lowest BCUT2D eigenvalue weighted by Gasteiger charge is -2.14. The van der Waals surface area contributed by atoms with E-state index < -0.39 is 0 Å². The van der Waals surface area contributed by atoms with Gasteiger partial charge in [-0.05, 0) is 53.0 Å². The molecule has 33 heavy (non-hydrogen) atoms. The number of benzene rings is 3. The standard InChI is InChI=1S/C28H24BrN3O/c1-18-5-10-21(11-6-18)26-23(16-30)28(33-27(26)22-12-7-19(2)8-13-22)31-17-20-9-14-25(32(3)4)24(29)15-20/h5-15,17H,1-4H3. The number of rotatable bonds is 5. The lowest BCUT2D eigenvalue weighted by Crippen LogP contribution is -2.09. The molecule has 0 fully saturated rings. The third-order valence-corrected chi connectivity index (χ3v) is 6.08. The van der Waals surface area contributed by atoms with Gasteiger partial charge in [0.05, 0.1) is 5.69 Å². The minimum Gasteiger partial charge on any atom is -0.436 e. The summed E-state index contributed by atoms with van der Waals surface area (Å²) in [6, 6.07) is 24.5. The molecular weight excluding hydrogens is 474 g/mol. The zero-order chi connectivity index (χ0) is 23.5. The van der Waals surface area contributed by atoms with Crippen LogP contribution in [0.25, 0.3) is 22.5 Å². The summed E-state index contributed by atoms with van der Waals surface area (Å²) in [6.45, 7) is 4.09. The first kappa shape index (κ1) is 22.6. The summed E-state index contributed by atoms with van der Waals surface area (Å²) in [6.07, 6.45) is 1.72. The molecule has 1 heterocycles. The second-order valence-electron chi connectivity index (χ2n) is 8.19. The van der Waals surface area contributed by atoms with Crippen molar-refractivity contribution in [3.63, 3.8) is 0 Å². The van der Waals surface area contributed by atoms with E-state index in [0.717, 1.165) is 43.5 Å². The molecule has 4 rings (SSSR count). The van der Waals surface area contributed by atoms with Gasteiger partial charge in [-0.2, -0.15) is 5.26 Å². The summed E-state index contributed by atoms with van der Waals surface area (Å²) in [7, 11) is 3.99. The lowest BCUT2D eigenvalue weighted by atomic mass is 9.97. The van der Waals surface area contributed by atoms with Gasteiger partial charge in [-0.3, -0.25) is 0 Å². The summed E-state index contributed by atoms with van der Waals surface area (Å²) < 4.78 is 7.19. The Balaban J connectivity index is 1.84. The van der Waals surface area contributed by atoms with E-state index >= 15 is 0 Å². The van der Waals surface area contributed by atoms with Crippen molar-refractivity contribution in [1.29, 1.82) is 5.26 Å². The highest BCUT2D eigenvalue weighted by atomic mass is 79.9. The van der Waals surface area contributed by atoms with Gasteiger partial charge in [-0.15, -0.1) is 0 Å². The van der Waals surface area contributed by atoms with Crippen LogP contribution >= 0.6 is 15.9 Å². The fraction of sp³-hybridized carbons (Fsp3) is 0.143. The molecule has 5 heteroatoms. The van der Waals surface area contributed by atoms with E-state index in [9.17, 15) is 5.26 Å². The first-order valence-electron chi connectivity index (χ1n) is 10.6. The van der Waals surface area contributed by atoms with Crippen LogP contribution in [0, 0.1) is 25.2 Å². The molecule has 164 valence electrons. The van der Waals surface area contributed by atoms with Crippen LogP contribution in [0.15, 0.2) is 80.6 Å². The Bertz CT molecular complexity index is 1360. The number of furan rings is 1. The Morgan fingerprint density at radius 2 is 1.52 bits per heavy atom. The zero-order valence-electron chi connectivity index (χ0n) is 19.1. The number of anilines is 1. The van der Waals surface area contributed by atoms with Crippen LogP contribution in [-0.2, 0) is 0 Å². The number of halogens is 1. The Morgan fingerprint density at radius 1 is 0.909 bits per heavy atom. The lowest BCUT2D eigenvalue weighted by molar-refractivity contribution is 0.593. The van der Waals surface area contributed by atoms with Gasteiger partial charge in [0.2, 0.25) is 5.88 Å².